The fraction of sp³-hybridized carbons (Fsp3) is 0.292. The SMILES string of the molecule is CCN(CC)CCCNC(=O)c1ccc2c(c1)sc1nc(-c3ccc(C=O)cc3F)cn12. The number of halogens is 1. The van der Waals surface area contributed by atoms with E-state index in [4.69, 9.17) is 0 Å². The van der Waals surface area contributed by atoms with Gasteiger partial charge in [-0.3, -0.25) is 14.0 Å². The molecule has 0 saturated carbocycles. The number of benzene rings is 2. The lowest BCUT2D eigenvalue weighted by atomic mass is 10.1. The molecule has 2 aromatic carbocycles. The van der Waals surface area contributed by atoms with Gasteiger partial charge in [-0.05, 0) is 56.4 Å². The van der Waals surface area contributed by atoms with E-state index in [1.165, 1.54) is 17.4 Å². The maximum Gasteiger partial charge on any atom is 0.251 e. The molecule has 0 aliphatic carbocycles. The molecular weight excluding hydrogens is 427 g/mol. The van der Waals surface area contributed by atoms with Crippen LogP contribution in [0, 0.1) is 5.82 Å². The predicted octanol–water partition coefficient (Wildman–Crippen LogP) is 4.63. The summed E-state index contributed by atoms with van der Waals surface area (Å²) < 4.78 is 17.2. The average Bonchev–Trinajstić information content (AvgIpc) is 3.36. The largest absolute Gasteiger partial charge is 0.352 e. The van der Waals surface area contributed by atoms with E-state index in [2.05, 4.69) is 29.0 Å². The van der Waals surface area contributed by atoms with Crippen molar-refractivity contribution in [2.24, 2.45) is 0 Å². The van der Waals surface area contributed by atoms with E-state index in [1.807, 2.05) is 16.5 Å². The van der Waals surface area contributed by atoms with Crippen LogP contribution in [0.5, 0.6) is 0 Å². The first-order valence-electron chi connectivity index (χ1n) is 10.7. The molecular formula is C24H25FN4O2S. The van der Waals surface area contributed by atoms with E-state index >= 15 is 0 Å². The van der Waals surface area contributed by atoms with E-state index in [0.717, 1.165) is 36.3 Å². The van der Waals surface area contributed by atoms with Gasteiger partial charge in [0.2, 0.25) is 0 Å². The van der Waals surface area contributed by atoms with Gasteiger partial charge < -0.3 is 10.2 Å². The molecule has 0 radical (unpaired) electrons. The zero-order chi connectivity index (χ0) is 22.7. The number of fused-ring (bicyclic) bond motifs is 3. The minimum atomic E-state index is -0.482. The molecule has 6 nitrogen and oxygen atoms in total. The van der Waals surface area contributed by atoms with Gasteiger partial charge in [0, 0.05) is 29.4 Å². The average molecular weight is 453 g/mol. The van der Waals surface area contributed by atoms with Crippen molar-refractivity contribution in [1.29, 1.82) is 0 Å². The van der Waals surface area contributed by atoms with Crippen LogP contribution >= 0.6 is 11.3 Å². The number of aldehydes is 1. The minimum absolute atomic E-state index is 0.0875. The van der Waals surface area contributed by atoms with Crippen LogP contribution in [0.4, 0.5) is 4.39 Å². The van der Waals surface area contributed by atoms with Crippen molar-refractivity contribution in [2.75, 3.05) is 26.2 Å². The maximum absolute atomic E-state index is 14.4. The molecule has 0 atom stereocenters. The van der Waals surface area contributed by atoms with E-state index in [1.54, 1.807) is 24.4 Å². The Hall–Kier alpha value is -3.10. The number of carbonyl (C=O) groups is 2. The Balaban J connectivity index is 1.51. The zero-order valence-corrected chi connectivity index (χ0v) is 18.9. The highest BCUT2D eigenvalue weighted by atomic mass is 32.1. The number of hydrogen-bond acceptors (Lipinski definition) is 5. The van der Waals surface area contributed by atoms with E-state index in [-0.39, 0.29) is 11.5 Å². The van der Waals surface area contributed by atoms with E-state index in [0.29, 0.717) is 34.6 Å². The van der Waals surface area contributed by atoms with Gasteiger partial charge in [-0.1, -0.05) is 31.3 Å². The van der Waals surface area contributed by atoms with Crippen molar-refractivity contribution in [3.05, 3.63) is 59.5 Å². The van der Waals surface area contributed by atoms with Gasteiger partial charge in [0.1, 0.15) is 12.1 Å². The van der Waals surface area contributed by atoms with Gasteiger partial charge in [0.25, 0.3) is 5.91 Å². The monoisotopic (exact) mass is 452 g/mol. The lowest BCUT2D eigenvalue weighted by Gasteiger charge is -2.17. The quantitative estimate of drug-likeness (QED) is 0.297. The highest BCUT2D eigenvalue weighted by Crippen LogP contribution is 2.31. The van der Waals surface area contributed by atoms with Gasteiger partial charge in [-0.15, -0.1) is 0 Å². The van der Waals surface area contributed by atoms with Crippen LogP contribution in [-0.4, -0.2) is 52.7 Å². The summed E-state index contributed by atoms with van der Waals surface area (Å²) in [7, 11) is 0. The number of rotatable bonds is 9. The van der Waals surface area contributed by atoms with Gasteiger partial charge in [-0.25, -0.2) is 9.37 Å². The third kappa shape index (κ3) is 4.42. The van der Waals surface area contributed by atoms with Crippen molar-refractivity contribution in [1.82, 2.24) is 19.6 Å². The Morgan fingerprint density at radius 3 is 2.75 bits per heavy atom. The predicted molar refractivity (Wildman–Crippen MR) is 126 cm³/mol. The standard InChI is InChI=1S/C24H25FN4O2S/c1-3-28(4-2)11-5-10-26-23(31)17-7-9-21-22(13-17)32-24-27-20(14-29(21)24)18-8-6-16(15-30)12-19(18)25/h6-9,12-15H,3-5,10-11H2,1-2H3,(H,26,31). The minimum Gasteiger partial charge on any atom is -0.352 e. The maximum atomic E-state index is 14.4. The van der Waals surface area contributed by atoms with Crippen molar-refractivity contribution >= 4 is 38.7 Å². The number of nitrogens with zero attached hydrogens (tertiary/aromatic N) is 3. The Morgan fingerprint density at radius 1 is 1.22 bits per heavy atom. The summed E-state index contributed by atoms with van der Waals surface area (Å²) in [4.78, 5) is 31.0. The molecule has 1 N–H and O–H groups in total. The smallest absolute Gasteiger partial charge is 0.251 e. The molecule has 0 aliphatic rings. The molecule has 32 heavy (non-hydrogen) atoms. The van der Waals surface area contributed by atoms with E-state index < -0.39 is 5.82 Å². The Morgan fingerprint density at radius 2 is 2.03 bits per heavy atom. The first kappa shape index (κ1) is 22.1. The number of thiazole rings is 1. The molecule has 0 bridgehead atoms. The van der Waals surface area contributed by atoms with Crippen LogP contribution < -0.4 is 5.32 Å². The summed E-state index contributed by atoms with van der Waals surface area (Å²) in [5.41, 5.74) is 2.66. The molecule has 0 unspecified atom stereocenters. The van der Waals surface area contributed by atoms with Crippen LogP contribution in [0.1, 0.15) is 41.0 Å². The van der Waals surface area contributed by atoms with Crippen LogP contribution in [-0.2, 0) is 0 Å². The van der Waals surface area contributed by atoms with Crippen LogP contribution in [0.15, 0.2) is 42.6 Å². The molecule has 166 valence electrons. The summed E-state index contributed by atoms with van der Waals surface area (Å²) in [5.74, 6) is -0.569. The number of imidazole rings is 1. The van der Waals surface area contributed by atoms with Crippen LogP contribution in [0.25, 0.3) is 26.4 Å². The highest BCUT2D eigenvalue weighted by molar-refractivity contribution is 7.23. The fourth-order valence-corrected chi connectivity index (χ4v) is 4.78. The molecule has 0 aliphatic heterocycles. The normalized spacial score (nSPS) is 11.5. The molecule has 4 rings (SSSR count). The fourth-order valence-electron chi connectivity index (χ4n) is 3.73. The summed E-state index contributed by atoms with van der Waals surface area (Å²) in [5, 5.41) is 2.99. The molecule has 0 spiro atoms. The number of carbonyl (C=O) groups excluding carboxylic acids is 2. The van der Waals surface area contributed by atoms with Gasteiger partial charge in [0.15, 0.2) is 4.96 Å². The number of aromatic nitrogens is 2. The van der Waals surface area contributed by atoms with Crippen molar-refractivity contribution in [3.63, 3.8) is 0 Å². The molecule has 2 heterocycles. The lowest BCUT2D eigenvalue weighted by molar-refractivity contribution is 0.0951. The van der Waals surface area contributed by atoms with Crippen LogP contribution in [0.2, 0.25) is 0 Å². The second-order valence-corrected chi connectivity index (χ2v) is 8.57. The summed E-state index contributed by atoms with van der Waals surface area (Å²) in [6.45, 7) is 7.91. The lowest BCUT2D eigenvalue weighted by Crippen LogP contribution is -2.29. The highest BCUT2D eigenvalue weighted by Gasteiger charge is 2.15. The van der Waals surface area contributed by atoms with Crippen LogP contribution in [0.3, 0.4) is 0 Å². The van der Waals surface area contributed by atoms with Gasteiger partial charge in [-0.2, -0.15) is 0 Å². The third-order valence-electron chi connectivity index (χ3n) is 5.59. The molecule has 2 aromatic heterocycles. The third-order valence-corrected chi connectivity index (χ3v) is 6.61. The number of amides is 1. The first-order chi connectivity index (χ1) is 15.5. The Kier molecular flexibility index (Phi) is 6.62. The van der Waals surface area contributed by atoms with Crippen molar-refractivity contribution < 1.29 is 14.0 Å². The second-order valence-electron chi connectivity index (χ2n) is 7.56. The Labute approximate surface area is 189 Å². The van der Waals surface area contributed by atoms with Gasteiger partial charge in [0.05, 0.1) is 15.9 Å². The first-order valence-corrected chi connectivity index (χ1v) is 11.5. The zero-order valence-electron chi connectivity index (χ0n) is 18.1. The Bertz CT molecular complexity index is 1280. The second kappa shape index (κ2) is 9.58. The van der Waals surface area contributed by atoms with E-state index in [9.17, 15) is 14.0 Å². The van der Waals surface area contributed by atoms with Crippen molar-refractivity contribution in [2.45, 2.75) is 20.3 Å². The summed E-state index contributed by atoms with van der Waals surface area (Å²) in [6, 6.07) is 9.91. The topological polar surface area (TPSA) is 66.7 Å². The van der Waals surface area contributed by atoms with Crippen molar-refractivity contribution in [3.8, 4) is 11.3 Å². The summed E-state index contributed by atoms with van der Waals surface area (Å²) in [6.07, 6.45) is 3.31. The molecule has 8 heteroatoms. The molecule has 4 aromatic rings. The molecule has 0 saturated heterocycles. The number of nitrogens with one attached hydrogen (secondary N) is 1. The van der Waals surface area contributed by atoms with Gasteiger partial charge >= 0.3 is 0 Å². The number of hydrogen-bond donors (Lipinski definition) is 1. The molecule has 0 fully saturated rings. The summed E-state index contributed by atoms with van der Waals surface area (Å²) >= 11 is 1.45. The molecule has 1 amide bonds.